The first kappa shape index (κ1) is 26.6. The van der Waals surface area contributed by atoms with E-state index in [0.29, 0.717) is 47.9 Å². The molecule has 0 saturated heterocycles. The summed E-state index contributed by atoms with van der Waals surface area (Å²) in [5.41, 5.74) is 2.47. The summed E-state index contributed by atoms with van der Waals surface area (Å²) in [5, 5.41) is 4.03. The summed E-state index contributed by atoms with van der Waals surface area (Å²) >= 11 is 2.47. The summed E-state index contributed by atoms with van der Waals surface area (Å²) in [7, 11) is 0. The molecule has 0 saturated carbocycles. The van der Waals surface area contributed by atoms with E-state index >= 15 is 0 Å². The van der Waals surface area contributed by atoms with Crippen LogP contribution in [0.25, 0.3) is 6.08 Å². The van der Waals surface area contributed by atoms with Gasteiger partial charge >= 0.3 is 0 Å². The number of carbonyl (C=O) groups is 1. The summed E-state index contributed by atoms with van der Waals surface area (Å²) in [6.07, 6.45) is 3.33. The molecule has 5 aromatic rings. The number of fused-ring (bicyclic) bond motifs is 1. The number of carbonyl (C=O) groups excluding carboxylic acids is 1. The van der Waals surface area contributed by atoms with Crippen molar-refractivity contribution in [2.75, 3.05) is 5.32 Å². The number of nitrogens with one attached hydrogen (secondary N) is 1. The Kier molecular flexibility index (Phi) is 7.21. The van der Waals surface area contributed by atoms with E-state index in [-0.39, 0.29) is 5.56 Å². The van der Waals surface area contributed by atoms with Crippen molar-refractivity contribution in [3.63, 3.8) is 0 Å². The highest BCUT2D eigenvalue weighted by Crippen LogP contribution is 2.31. The molecule has 3 aromatic heterocycles. The Morgan fingerprint density at radius 1 is 1.07 bits per heavy atom. The number of hydrogen-bond acceptors (Lipinski definition) is 8. The molecule has 0 unspecified atom stereocenters. The molecule has 4 heterocycles. The summed E-state index contributed by atoms with van der Waals surface area (Å²) in [6.45, 7) is 3.62. The van der Waals surface area contributed by atoms with Crippen LogP contribution in [0.15, 0.2) is 115 Å². The molecule has 1 aliphatic heterocycles. The first-order chi connectivity index (χ1) is 19.9. The maximum absolute atomic E-state index is 13.9. The van der Waals surface area contributed by atoms with E-state index in [1.165, 1.54) is 39.8 Å². The van der Waals surface area contributed by atoms with Crippen LogP contribution in [-0.2, 0) is 4.79 Å². The molecule has 11 heteroatoms. The standard InChI is InChI=1S/C30H22FN5O3S2/c1-17-14-15-32-29(33-17)41-24-13-12-22(39-24)16-23-28(38)36-26(19-8-10-20(31)11-9-19)25(18(2)34-30(36)40-23)27(37)35-21-6-4-3-5-7-21/h3-16,26H,1-2H3,(H,35,37)/b23-16+/t26-/m0/s1. The van der Waals surface area contributed by atoms with Crippen molar-refractivity contribution in [2.45, 2.75) is 30.1 Å². The zero-order chi connectivity index (χ0) is 28.5. The first-order valence-electron chi connectivity index (χ1n) is 12.6. The highest BCUT2D eigenvalue weighted by atomic mass is 32.2. The Balaban J connectivity index is 1.40. The van der Waals surface area contributed by atoms with Gasteiger partial charge in [-0.05, 0) is 73.6 Å². The number of nitrogens with zero attached hydrogens (tertiary/aromatic N) is 4. The SMILES string of the molecule is CC1=C(C(=O)Nc2ccccc2)[C@H](c2ccc(F)cc2)n2c(s/c(=C/c3ccc(Sc4nccc(C)n4)o3)c2=O)=N1. The van der Waals surface area contributed by atoms with Gasteiger partial charge in [-0.15, -0.1) is 0 Å². The van der Waals surface area contributed by atoms with E-state index in [9.17, 15) is 14.0 Å². The molecule has 0 aliphatic carbocycles. The van der Waals surface area contributed by atoms with E-state index < -0.39 is 17.8 Å². The van der Waals surface area contributed by atoms with Crippen LogP contribution in [0.1, 0.15) is 30.0 Å². The van der Waals surface area contributed by atoms with Crippen LogP contribution in [0.3, 0.4) is 0 Å². The van der Waals surface area contributed by atoms with Crippen molar-refractivity contribution in [1.29, 1.82) is 0 Å². The average molecular weight is 584 g/mol. The maximum atomic E-state index is 13.9. The van der Waals surface area contributed by atoms with Gasteiger partial charge in [0.1, 0.15) is 11.6 Å². The lowest BCUT2D eigenvalue weighted by molar-refractivity contribution is -0.113. The molecule has 1 aliphatic rings. The molecule has 41 heavy (non-hydrogen) atoms. The lowest BCUT2D eigenvalue weighted by Crippen LogP contribution is -2.40. The zero-order valence-electron chi connectivity index (χ0n) is 21.9. The van der Waals surface area contributed by atoms with Crippen LogP contribution in [0.4, 0.5) is 10.1 Å². The molecule has 1 amide bonds. The van der Waals surface area contributed by atoms with Crippen LogP contribution in [-0.4, -0.2) is 20.4 Å². The fourth-order valence-corrected chi connectivity index (χ4v) is 6.24. The van der Waals surface area contributed by atoms with Gasteiger partial charge in [0.2, 0.25) is 0 Å². The number of hydrogen-bond donors (Lipinski definition) is 1. The molecular weight excluding hydrogens is 561 g/mol. The smallest absolute Gasteiger partial charge is 0.271 e. The minimum Gasteiger partial charge on any atom is -0.450 e. The van der Waals surface area contributed by atoms with Crippen LogP contribution < -0.4 is 20.2 Å². The van der Waals surface area contributed by atoms with Gasteiger partial charge < -0.3 is 9.73 Å². The minimum absolute atomic E-state index is 0.300. The second kappa shape index (κ2) is 11.1. The lowest BCUT2D eigenvalue weighted by Gasteiger charge is -2.25. The van der Waals surface area contributed by atoms with Crippen molar-refractivity contribution in [1.82, 2.24) is 14.5 Å². The Morgan fingerprint density at radius 3 is 2.61 bits per heavy atom. The Morgan fingerprint density at radius 2 is 1.85 bits per heavy atom. The number of furan rings is 1. The van der Waals surface area contributed by atoms with Crippen LogP contribution in [0.5, 0.6) is 0 Å². The number of benzene rings is 2. The Hall–Kier alpha value is -4.61. The number of amides is 1. The number of rotatable bonds is 6. The maximum Gasteiger partial charge on any atom is 0.271 e. The number of aromatic nitrogens is 3. The Bertz CT molecular complexity index is 1980. The van der Waals surface area contributed by atoms with Gasteiger partial charge in [-0.2, -0.15) is 0 Å². The highest BCUT2D eigenvalue weighted by molar-refractivity contribution is 7.99. The molecule has 0 spiro atoms. The molecule has 6 rings (SSSR count). The van der Waals surface area contributed by atoms with Crippen LogP contribution in [0, 0.1) is 12.7 Å². The van der Waals surface area contributed by atoms with Crippen molar-refractivity contribution < 1.29 is 13.6 Å². The van der Waals surface area contributed by atoms with Crippen LogP contribution >= 0.6 is 23.1 Å². The highest BCUT2D eigenvalue weighted by Gasteiger charge is 2.32. The van der Waals surface area contributed by atoms with Gasteiger partial charge in [-0.1, -0.05) is 41.7 Å². The first-order valence-corrected chi connectivity index (χ1v) is 14.2. The van der Waals surface area contributed by atoms with E-state index in [1.807, 2.05) is 31.2 Å². The molecule has 0 radical (unpaired) electrons. The number of anilines is 1. The van der Waals surface area contributed by atoms with Crippen molar-refractivity contribution >= 4 is 40.8 Å². The molecular formula is C30H22FN5O3S2. The average Bonchev–Trinajstić information content (AvgIpc) is 3.52. The van der Waals surface area contributed by atoms with Gasteiger partial charge in [0.25, 0.3) is 11.5 Å². The third-order valence-electron chi connectivity index (χ3n) is 6.32. The molecule has 1 atom stereocenters. The summed E-state index contributed by atoms with van der Waals surface area (Å²) in [4.78, 5) is 41.1. The fraction of sp³-hybridized carbons (Fsp3) is 0.100. The molecule has 204 valence electrons. The summed E-state index contributed by atoms with van der Waals surface area (Å²) < 4.78 is 21.6. The number of aryl methyl sites for hydroxylation is 1. The largest absolute Gasteiger partial charge is 0.450 e. The normalized spacial score (nSPS) is 15.0. The lowest BCUT2D eigenvalue weighted by atomic mass is 9.95. The molecule has 0 bridgehead atoms. The molecule has 8 nitrogen and oxygen atoms in total. The van der Waals surface area contributed by atoms with Crippen molar-refractivity contribution in [3.05, 3.63) is 133 Å². The number of allylic oxidation sites excluding steroid dienone is 1. The van der Waals surface area contributed by atoms with Crippen molar-refractivity contribution in [3.8, 4) is 0 Å². The number of para-hydroxylation sites is 1. The third-order valence-corrected chi connectivity index (χ3v) is 8.11. The van der Waals surface area contributed by atoms with Gasteiger partial charge in [-0.3, -0.25) is 14.2 Å². The van der Waals surface area contributed by atoms with Gasteiger partial charge in [-0.25, -0.2) is 19.4 Å². The second-order valence-electron chi connectivity index (χ2n) is 9.19. The monoisotopic (exact) mass is 583 g/mol. The molecule has 2 aromatic carbocycles. The van der Waals surface area contributed by atoms with E-state index in [0.717, 1.165) is 5.69 Å². The summed E-state index contributed by atoms with van der Waals surface area (Å²) in [5.74, 6) is -0.340. The van der Waals surface area contributed by atoms with Gasteiger partial charge in [0, 0.05) is 23.7 Å². The molecule has 0 fully saturated rings. The zero-order valence-corrected chi connectivity index (χ0v) is 23.5. The summed E-state index contributed by atoms with van der Waals surface area (Å²) in [6, 6.07) is 19.4. The number of halogens is 1. The second-order valence-corrected chi connectivity index (χ2v) is 11.2. The van der Waals surface area contributed by atoms with E-state index in [1.54, 1.807) is 55.6 Å². The van der Waals surface area contributed by atoms with Crippen molar-refractivity contribution in [2.24, 2.45) is 4.99 Å². The molecule has 1 N–H and O–H groups in total. The third kappa shape index (κ3) is 5.54. The van der Waals surface area contributed by atoms with E-state index in [2.05, 4.69) is 20.3 Å². The van der Waals surface area contributed by atoms with Crippen LogP contribution in [0.2, 0.25) is 0 Å². The number of thiazole rings is 1. The topological polar surface area (TPSA) is 102 Å². The van der Waals surface area contributed by atoms with E-state index in [4.69, 9.17) is 4.42 Å². The quantitative estimate of drug-likeness (QED) is 0.287. The predicted octanol–water partition coefficient (Wildman–Crippen LogP) is 4.86. The fourth-order valence-electron chi connectivity index (χ4n) is 4.45. The Labute approximate surface area is 241 Å². The predicted molar refractivity (Wildman–Crippen MR) is 155 cm³/mol. The van der Waals surface area contributed by atoms with Gasteiger partial charge in [0.05, 0.1) is 21.8 Å². The minimum atomic E-state index is -0.807. The van der Waals surface area contributed by atoms with Gasteiger partial charge in [0.15, 0.2) is 15.1 Å².